The van der Waals surface area contributed by atoms with E-state index in [1.54, 1.807) is 20.3 Å². The van der Waals surface area contributed by atoms with Gasteiger partial charge in [-0.3, -0.25) is 9.59 Å². The van der Waals surface area contributed by atoms with Gasteiger partial charge in [-0.1, -0.05) is 6.07 Å². The zero-order chi connectivity index (χ0) is 14.7. The second kappa shape index (κ2) is 5.94. The summed E-state index contributed by atoms with van der Waals surface area (Å²) in [5, 5.41) is 0. The summed E-state index contributed by atoms with van der Waals surface area (Å²) in [6.07, 6.45) is 0.899. The summed E-state index contributed by atoms with van der Waals surface area (Å²) in [6.45, 7) is 0. The van der Waals surface area contributed by atoms with Crippen molar-refractivity contribution >= 4 is 11.8 Å². The van der Waals surface area contributed by atoms with Gasteiger partial charge >= 0.3 is 5.97 Å². The molecule has 0 aliphatic heterocycles. The molecule has 1 aliphatic carbocycles. The lowest BCUT2D eigenvalue weighted by molar-refractivity contribution is -0.143. The van der Waals surface area contributed by atoms with Gasteiger partial charge in [-0.15, -0.1) is 0 Å². The number of fused-ring (bicyclic) bond motifs is 1. The van der Waals surface area contributed by atoms with Gasteiger partial charge in [0.05, 0.1) is 27.8 Å². The van der Waals surface area contributed by atoms with Crippen molar-refractivity contribution < 1.29 is 23.8 Å². The summed E-state index contributed by atoms with van der Waals surface area (Å²) in [7, 11) is 4.47. The highest BCUT2D eigenvalue weighted by Crippen LogP contribution is 2.38. The van der Waals surface area contributed by atoms with Crippen molar-refractivity contribution in [3.05, 3.63) is 23.3 Å². The van der Waals surface area contributed by atoms with E-state index in [0.717, 1.165) is 11.1 Å². The van der Waals surface area contributed by atoms with Gasteiger partial charge in [0.2, 0.25) is 0 Å². The van der Waals surface area contributed by atoms with Crippen molar-refractivity contribution in [3.63, 3.8) is 0 Å². The van der Waals surface area contributed by atoms with Gasteiger partial charge < -0.3 is 14.2 Å². The Bertz CT molecular complexity index is 535. The second-order valence-electron chi connectivity index (χ2n) is 4.76. The highest BCUT2D eigenvalue weighted by atomic mass is 16.5. The Balaban J connectivity index is 2.34. The highest BCUT2D eigenvalue weighted by Gasteiger charge is 2.31. The predicted molar refractivity (Wildman–Crippen MR) is 72.1 cm³/mol. The Kier molecular flexibility index (Phi) is 4.27. The van der Waals surface area contributed by atoms with Gasteiger partial charge in [-0.05, 0) is 18.1 Å². The Morgan fingerprint density at radius 3 is 2.60 bits per heavy atom. The first-order chi connectivity index (χ1) is 9.60. The average Bonchev–Trinajstić information content (AvgIpc) is 2.46. The summed E-state index contributed by atoms with van der Waals surface area (Å²) in [5.74, 6) is 0.629. The molecular weight excluding hydrogens is 260 g/mol. The quantitative estimate of drug-likeness (QED) is 0.782. The third-order valence-electron chi connectivity index (χ3n) is 3.66. The van der Waals surface area contributed by atoms with Gasteiger partial charge in [-0.2, -0.15) is 0 Å². The number of hydrogen-bond donors (Lipinski definition) is 0. The lowest BCUT2D eigenvalue weighted by Gasteiger charge is -2.25. The molecule has 0 saturated heterocycles. The fourth-order valence-electron chi connectivity index (χ4n) is 2.58. The summed E-state index contributed by atoms with van der Waals surface area (Å²) in [6, 6.07) is 3.68. The highest BCUT2D eigenvalue weighted by molar-refractivity contribution is 5.89. The fourth-order valence-corrected chi connectivity index (χ4v) is 2.58. The van der Waals surface area contributed by atoms with Crippen molar-refractivity contribution in [2.24, 2.45) is 5.92 Å². The minimum absolute atomic E-state index is 0.0649. The molecule has 1 aromatic rings. The van der Waals surface area contributed by atoms with E-state index in [-0.39, 0.29) is 24.1 Å². The van der Waals surface area contributed by atoms with Crippen LogP contribution in [0.15, 0.2) is 12.1 Å². The van der Waals surface area contributed by atoms with Crippen LogP contribution in [0.2, 0.25) is 0 Å². The minimum Gasteiger partial charge on any atom is -0.493 e. The zero-order valence-electron chi connectivity index (χ0n) is 11.9. The molecule has 0 saturated carbocycles. The first kappa shape index (κ1) is 14.4. The smallest absolute Gasteiger partial charge is 0.306 e. The van der Waals surface area contributed by atoms with E-state index in [9.17, 15) is 9.59 Å². The second-order valence-corrected chi connectivity index (χ2v) is 4.76. The normalized spacial score (nSPS) is 17.4. The molecule has 1 atom stereocenters. The van der Waals surface area contributed by atoms with Crippen LogP contribution in [0, 0.1) is 5.92 Å². The third kappa shape index (κ3) is 2.61. The Morgan fingerprint density at radius 2 is 2.00 bits per heavy atom. The zero-order valence-corrected chi connectivity index (χ0v) is 11.9. The van der Waals surface area contributed by atoms with Crippen molar-refractivity contribution in [1.29, 1.82) is 0 Å². The number of esters is 1. The lowest BCUT2D eigenvalue weighted by atomic mass is 9.80. The molecule has 5 nitrogen and oxygen atoms in total. The van der Waals surface area contributed by atoms with E-state index in [1.807, 2.05) is 6.07 Å². The number of benzene rings is 1. The maximum Gasteiger partial charge on any atom is 0.306 e. The van der Waals surface area contributed by atoms with Gasteiger partial charge in [-0.25, -0.2) is 0 Å². The van der Waals surface area contributed by atoms with E-state index < -0.39 is 0 Å². The van der Waals surface area contributed by atoms with Crippen LogP contribution < -0.4 is 9.47 Å². The van der Waals surface area contributed by atoms with Crippen LogP contribution in [-0.4, -0.2) is 33.1 Å². The first-order valence-corrected chi connectivity index (χ1v) is 6.43. The molecule has 0 heterocycles. The average molecular weight is 278 g/mol. The number of ketones is 1. The van der Waals surface area contributed by atoms with E-state index in [2.05, 4.69) is 4.74 Å². The Hall–Kier alpha value is -2.04. The van der Waals surface area contributed by atoms with Crippen LogP contribution in [0.5, 0.6) is 11.5 Å². The van der Waals surface area contributed by atoms with Crippen molar-refractivity contribution in [2.45, 2.75) is 19.3 Å². The van der Waals surface area contributed by atoms with Gasteiger partial charge in [0.1, 0.15) is 5.78 Å². The molecule has 5 heteroatoms. The topological polar surface area (TPSA) is 61.8 Å². The molecule has 1 aliphatic rings. The maximum absolute atomic E-state index is 12.1. The van der Waals surface area contributed by atoms with Gasteiger partial charge in [0.15, 0.2) is 11.5 Å². The molecule has 0 amide bonds. The maximum atomic E-state index is 12.1. The van der Waals surface area contributed by atoms with Crippen LogP contribution in [0.4, 0.5) is 0 Å². The molecule has 2 rings (SSSR count). The molecule has 0 fully saturated rings. The third-order valence-corrected chi connectivity index (χ3v) is 3.66. The van der Waals surface area contributed by atoms with Crippen LogP contribution >= 0.6 is 0 Å². The monoisotopic (exact) mass is 278 g/mol. The molecule has 0 bridgehead atoms. The number of ether oxygens (including phenoxy) is 3. The molecule has 0 radical (unpaired) electrons. The number of methoxy groups -OCH3 is 3. The first-order valence-electron chi connectivity index (χ1n) is 6.43. The molecule has 0 aromatic heterocycles. The molecule has 0 unspecified atom stereocenters. The van der Waals surface area contributed by atoms with Crippen LogP contribution in [-0.2, 0) is 27.2 Å². The van der Waals surface area contributed by atoms with Gasteiger partial charge in [0, 0.05) is 17.9 Å². The van der Waals surface area contributed by atoms with Gasteiger partial charge in [0.25, 0.3) is 0 Å². The molecular formula is C15H18O5. The lowest BCUT2D eigenvalue weighted by Crippen LogP contribution is -2.28. The SMILES string of the molecule is COC(=O)C[C@H]1Cc2c(ccc(OC)c2OC)CC1=O. The predicted octanol–water partition coefficient (Wildman–Crippen LogP) is 1.55. The standard InChI is InChI=1S/C15H18O5/c1-18-13-5-4-9-7-12(16)10(8-14(17)19-2)6-11(9)15(13)20-3/h4-5,10H,6-8H2,1-3H3/t10-/m1/s1. The van der Waals surface area contributed by atoms with E-state index >= 15 is 0 Å². The van der Waals surface area contributed by atoms with E-state index in [1.165, 1.54) is 7.11 Å². The van der Waals surface area contributed by atoms with E-state index in [0.29, 0.717) is 24.3 Å². The molecule has 0 N–H and O–H groups in total. The van der Waals surface area contributed by atoms with Crippen molar-refractivity contribution in [1.82, 2.24) is 0 Å². The van der Waals surface area contributed by atoms with Crippen molar-refractivity contribution in [3.8, 4) is 11.5 Å². The molecule has 108 valence electrons. The Labute approximate surface area is 117 Å². The Morgan fingerprint density at radius 1 is 1.25 bits per heavy atom. The molecule has 1 aromatic carbocycles. The molecule has 20 heavy (non-hydrogen) atoms. The largest absolute Gasteiger partial charge is 0.493 e. The summed E-state index contributed by atoms with van der Waals surface area (Å²) < 4.78 is 15.3. The number of Topliss-reactive ketones (excluding diaryl/α,β-unsaturated/α-hetero) is 1. The summed E-state index contributed by atoms with van der Waals surface area (Å²) >= 11 is 0. The number of carbonyl (C=O) groups is 2. The van der Waals surface area contributed by atoms with Crippen molar-refractivity contribution in [2.75, 3.05) is 21.3 Å². The number of carbonyl (C=O) groups excluding carboxylic acids is 2. The van der Waals surface area contributed by atoms with Crippen LogP contribution in [0.1, 0.15) is 17.5 Å². The fraction of sp³-hybridized carbons (Fsp3) is 0.467. The number of hydrogen-bond acceptors (Lipinski definition) is 5. The summed E-state index contributed by atoms with van der Waals surface area (Å²) in [5.41, 5.74) is 1.88. The minimum atomic E-state index is -0.367. The summed E-state index contributed by atoms with van der Waals surface area (Å²) in [4.78, 5) is 23.5. The van der Waals surface area contributed by atoms with Crippen LogP contribution in [0.3, 0.4) is 0 Å². The molecule has 0 spiro atoms. The number of rotatable bonds is 4. The van der Waals surface area contributed by atoms with E-state index in [4.69, 9.17) is 9.47 Å². The van der Waals surface area contributed by atoms with Crippen LogP contribution in [0.25, 0.3) is 0 Å².